The van der Waals surface area contributed by atoms with Crippen LogP contribution in [0.1, 0.15) is 137 Å². The van der Waals surface area contributed by atoms with Gasteiger partial charge in [0, 0.05) is 29.1 Å². The summed E-state index contributed by atoms with van der Waals surface area (Å²) in [6.45, 7) is 16.0. The molecule has 3 aromatic rings. The van der Waals surface area contributed by atoms with Crippen LogP contribution in [0, 0.1) is 0 Å². The summed E-state index contributed by atoms with van der Waals surface area (Å²) in [7, 11) is 0. The minimum atomic E-state index is -0.352. The molecule has 1 amide bonds. The van der Waals surface area contributed by atoms with Gasteiger partial charge in [0.25, 0.3) is 5.91 Å². The number of nitrogens with zero attached hydrogens (tertiary/aromatic N) is 1. The first-order chi connectivity index (χ1) is 22.9. The van der Waals surface area contributed by atoms with Crippen molar-refractivity contribution in [3.05, 3.63) is 107 Å². The number of hydrogen-bond acceptors (Lipinski definition) is 3. The summed E-state index contributed by atoms with van der Waals surface area (Å²) in [5.41, 5.74) is 9.15. The molecule has 5 nitrogen and oxygen atoms in total. The molecule has 47 heavy (non-hydrogen) atoms. The molecule has 0 aliphatic carbocycles. The zero-order valence-electron chi connectivity index (χ0n) is 29.2. The number of amides is 1. The van der Waals surface area contributed by atoms with E-state index in [2.05, 4.69) is 68.4 Å². The monoisotopic (exact) mass is 634 g/mol. The maximum absolute atomic E-state index is 13.9. The topological polar surface area (TPSA) is 60.3 Å². The highest BCUT2D eigenvalue weighted by Crippen LogP contribution is 2.43. The highest BCUT2D eigenvalue weighted by Gasteiger charge is 2.27. The standard InChI is InChI=1S/C42H54N2O3/c1-7-12-14-17-30(6)40-36-26-25-34(29-38(36)44-28-15-18-32(16-9-3)35(10-4)41(40)44)42(46)43-37(19-13-8-2)33-23-20-31(21-24-33)22-27-39(45)47-11-5/h9-10,16,20-27,29-30,37H,3,7-8,11-15,17-19,28H2,1-2,4-6H3,(H,43,46)/b27-22+,32-16-,35-10+. The van der Waals surface area contributed by atoms with Crippen LogP contribution in [0.5, 0.6) is 0 Å². The number of aryl methyl sites for hydroxylation is 1. The van der Waals surface area contributed by atoms with Crippen molar-refractivity contribution in [3.63, 3.8) is 0 Å². The van der Waals surface area contributed by atoms with E-state index in [9.17, 15) is 9.59 Å². The first-order valence-electron chi connectivity index (χ1n) is 17.8. The van der Waals surface area contributed by atoms with Crippen LogP contribution >= 0.6 is 0 Å². The van der Waals surface area contributed by atoms with E-state index in [4.69, 9.17) is 4.74 Å². The first kappa shape index (κ1) is 35.7. The van der Waals surface area contributed by atoms with Crippen molar-refractivity contribution in [3.8, 4) is 0 Å². The summed E-state index contributed by atoms with van der Waals surface area (Å²) in [5, 5.41) is 4.62. The molecule has 0 saturated carbocycles. The van der Waals surface area contributed by atoms with Crippen molar-refractivity contribution in [1.82, 2.24) is 9.88 Å². The van der Waals surface area contributed by atoms with Crippen molar-refractivity contribution in [2.24, 2.45) is 0 Å². The number of benzene rings is 2. The van der Waals surface area contributed by atoms with E-state index in [1.165, 1.54) is 53.1 Å². The molecule has 2 aromatic carbocycles. The van der Waals surface area contributed by atoms with E-state index < -0.39 is 0 Å². The minimum absolute atomic E-state index is 0.0560. The maximum atomic E-state index is 13.9. The van der Waals surface area contributed by atoms with E-state index in [1.54, 1.807) is 13.0 Å². The van der Waals surface area contributed by atoms with Crippen LogP contribution in [0.15, 0.2) is 78.9 Å². The summed E-state index contributed by atoms with van der Waals surface area (Å²) in [5.74, 6) is 0.00114. The molecule has 0 spiro atoms. The Kier molecular flexibility index (Phi) is 13.5. The fraction of sp³-hybridized carbons (Fsp3) is 0.429. The van der Waals surface area contributed by atoms with Crippen LogP contribution in [0.3, 0.4) is 0 Å². The molecule has 0 fully saturated rings. The van der Waals surface area contributed by atoms with Crippen LogP contribution in [-0.2, 0) is 16.1 Å². The lowest BCUT2D eigenvalue weighted by molar-refractivity contribution is -0.137. The van der Waals surface area contributed by atoms with E-state index in [-0.39, 0.29) is 17.9 Å². The number of carbonyl (C=O) groups is 2. The van der Waals surface area contributed by atoms with Gasteiger partial charge in [0.2, 0.25) is 0 Å². The number of unbranched alkanes of at least 4 members (excludes halogenated alkanes) is 3. The third-order valence-electron chi connectivity index (χ3n) is 9.33. The molecule has 4 rings (SSSR count). The Bertz CT molecular complexity index is 1620. The second kappa shape index (κ2) is 17.7. The van der Waals surface area contributed by atoms with Gasteiger partial charge >= 0.3 is 5.97 Å². The highest BCUT2D eigenvalue weighted by molar-refractivity contribution is 6.01. The van der Waals surface area contributed by atoms with Gasteiger partial charge in [-0.25, -0.2) is 4.79 Å². The second-order valence-electron chi connectivity index (χ2n) is 12.7. The fourth-order valence-corrected chi connectivity index (χ4v) is 6.90. The van der Waals surface area contributed by atoms with Crippen molar-refractivity contribution >= 4 is 34.4 Å². The molecule has 1 aromatic heterocycles. The Morgan fingerprint density at radius 3 is 2.47 bits per heavy atom. The van der Waals surface area contributed by atoms with E-state index in [1.807, 2.05) is 36.4 Å². The molecule has 250 valence electrons. The number of aromatic nitrogens is 1. The Labute approximate surface area is 282 Å². The normalized spacial score (nSPS) is 16.3. The van der Waals surface area contributed by atoms with Crippen LogP contribution in [-0.4, -0.2) is 23.1 Å². The molecule has 1 N–H and O–H groups in total. The summed E-state index contributed by atoms with van der Waals surface area (Å²) in [4.78, 5) is 25.7. The molecule has 1 aliphatic rings. The van der Waals surface area contributed by atoms with Gasteiger partial charge in [-0.05, 0) is 91.5 Å². The molecule has 2 heterocycles. The molecule has 1 aliphatic heterocycles. The quantitative estimate of drug-likeness (QED) is 0.103. The Morgan fingerprint density at radius 1 is 1.02 bits per heavy atom. The summed E-state index contributed by atoms with van der Waals surface area (Å²) in [6.07, 6.45) is 19.3. The molecule has 0 radical (unpaired) electrons. The summed E-state index contributed by atoms with van der Waals surface area (Å²) < 4.78 is 7.47. The van der Waals surface area contributed by atoms with Gasteiger partial charge in [-0.2, -0.15) is 0 Å². The molecular formula is C42H54N2O3. The first-order valence-corrected chi connectivity index (χ1v) is 17.8. The fourth-order valence-electron chi connectivity index (χ4n) is 6.90. The molecule has 0 saturated heterocycles. The van der Waals surface area contributed by atoms with Gasteiger partial charge < -0.3 is 14.6 Å². The molecule has 0 bridgehead atoms. The lowest BCUT2D eigenvalue weighted by Crippen LogP contribution is -2.28. The molecular weight excluding hydrogens is 580 g/mol. The van der Waals surface area contributed by atoms with E-state index in [0.717, 1.165) is 61.7 Å². The summed E-state index contributed by atoms with van der Waals surface area (Å²) in [6, 6.07) is 14.3. The van der Waals surface area contributed by atoms with Crippen molar-refractivity contribution in [1.29, 1.82) is 0 Å². The van der Waals surface area contributed by atoms with E-state index in [0.29, 0.717) is 18.1 Å². The molecule has 2 atom stereocenters. The zero-order valence-corrected chi connectivity index (χ0v) is 29.2. The molecule has 2 unspecified atom stereocenters. The Morgan fingerprint density at radius 2 is 1.79 bits per heavy atom. The number of esters is 1. The van der Waals surface area contributed by atoms with Crippen molar-refractivity contribution in [2.75, 3.05) is 6.61 Å². The average Bonchev–Trinajstić information content (AvgIpc) is 3.28. The Hall–Kier alpha value is -4.12. The van der Waals surface area contributed by atoms with E-state index >= 15 is 0 Å². The number of hydrogen-bond donors (Lipinski definition) is 1. The van der Waals surface area contributed by atoms with Gasteiger partial charge in [0.05, 0.1) is 18.3 Å². The van der Waals surface area contributed by atoms with Gasteiger partial charge in [0.15, 0.2) is 0 Å². The van der Waals surface area contributed by atoms with Gasteiger partial charge in [-0.3, -0.25) is 4.79 Å². The lowest BCUT2D eigenvalue weighted by atomic mass is 9.88. The van der Waals surface area contributed by atoms with Crippen LogP contribution in [0.4, 0.5) is 0 Å². The lowest BCUT2D eigenvalue weighted by Gasteiger charge is -2.20. The number of allylic oxidation sites excluding steroid dienone is 5. The third-order valence-corrected chi connectivity index (χ3v) is 9.33. The Balaban J connectivity index is 1.70. The number of fused-ring (bicyclic) bond motifs is 3. The summed E-state index contributed by atoms with van der Waals surface area (Å²) >= 11 is 0. The van der Waals surface area contributed by atoms with Gasteiger partial charge in [-0.15, -0.1) is 0 Å². The predicted octanol–water partition coefficient (Wildman–Crippen LogP) is 10.9. The second-order valence-corrected chi connectivity index (χ2v) is 12.7. The zero-order chi connectivity index (χ0) is 33.8. The smallest absolute Gasteiger partial charge is 0.330 e. The number of carbonyl (C=O) groups excluding carboxylic acids is 2. The maximum Gasteiger partial charge on any atom is 0.330 e. The van der Waals surface area contributed by atoms with Crippen LogP contribution in [0.25, 0.3) is 22.6 Å². The number of ether oxygens (including phenoxy) is 1. The van der Waals surface area contributed by atoms with Crippen molar-refractivity contribution in [2.45, 2.75) is 111 Å². The SMILES string of the molecule is C=C/C=C1/CCCn2c(c(C(C)CCCCC)c3ccc(C(=O)NC(CCCC)c4ccc(/C=C/C(=O)OCC)cc4)cc32)/C1=C/C. The average molecular weight is 635 g/mol. The van der Waals surface area contributed by atoms with Crippen LogP contribution in [0.2, 0.25) is 0 Å². The van der Waals surface area contributed by atoms with Crippen molar-refractivity contribution < 1.29 is 14.3 Å². The largest absolute Gasteiger partial charge is 0.463 e. The highest BCUT2D eigenvalue weighted by atomic mass is 16.5. The number of rotatable bonds is 15. The minimum Gasteiger partial charge on any atom is -0.463 e. The van der Waals surface area contributed by atoms with Crippen LogP contribution < -0.4 is 5.32 Å². The van der Waals surface area contributed by atoms with Gasteiger partial charge in [0.1, 0.15) is 0 Å². The van der Waals surface area contributed by atoms with Gasteiger partial charge in [-0.1, -0.05) is 108 Å². The third kappa shape index (κ3) is 8.82. The molecule has 5 heteroatoms. The number of nitrogens with one attached hydrogen (secondary N) is 1. The predicted molar refractivity (Wildman–Crippen MR) is 198 cm³/mol.